The van der Waals surface area contributed by atoms with Crippen LogP contribution in [0.2, 0.25) is 0 Å². The van der Waals surface area contributed by atoms with Crippen molar-refractivity contribution in [2.45, 2.75) is 42.9 Å². The number of carbonyl (C=O) groups is 1. The van der Waals surface area contributed by atoms with Crippen LogP contribution in [0.15, 0.2) is 29.2 Å². The molecule has 2 N–H and O–H groups in total. The molecule has 1 amide bonds. The zero-order chi connectivity index (χ0) is 15.2. The van der Waals surface area contributed by atoms with E-state index in [4.69, 9.17) is 0 Å². The fraction of sp³-hybridized carbons (Fsp3) is 0.500. The zero-order valence-electron chi connectivity index (χ0n) is 11.5. The van der Waals surface area contributed by atoms with E-state index in [-0.39, 0.29) is 17.1 Å². The summed E-state index contributed by atoms with van der Waals surface area (Å²) in [7, 11) is 0. The molecule has 0 spiro atoms. The molecule has 3 nitrogen and oxygen atoms in total. The minimum absolute atomic E-state index is 0.185. The number of thioether (sulfide) groups is 1. The van der Waals surface area contributed by atoms with Crippen LogP contribution in [0.4, 0.5) is 8.78 Å². The maximum Gasteiger partial charge on any atom is 0.288 e. The van der Waals surface area contributed by atoms with E-state index in [1.807, 2.05) is 13.8 Å². The normalized spacial score (nSPS) is 11.7. The monoisotopic (exact) mass is 303 g/mol. The van der Waals surface area contributed by atoms with Crippen LogP contribution in [0.3, 0.4) is 0 Å². The molecule has 0 aliphatic heterocycles. The number of halogens is 2. The molecular formula is C14H19F2NO2S. The fourth-order valence-electron chi connectivity index (χ4n) is 1.85. The average Bonchev–Trinajstić information content (AvgIpc) is 2.44. The first kappa shape index (κ1) is 16.9. The Morgan fingerprint density at radius 2 is 1.95 bits per heavy atom. The van der Waals surface area contributed by atoms with Crippen LogP contribution < -0.4 is 5.32 Å². The van der Waals surface area contributed by atoms with Crippen molar-refractivity contribution in [3.05, 3.63) is 29.8 Å². The summed E-state index contributed by atoms with van der Waals surface area (Å²) < 4.78 is 25.0. The van der Waals surface area contributed by atoms with E-state index < -0.39 is 17.2 Å². The molecule has 20 heavy (non-hydrogen) atoms. The van der Waals surface area contributed by atoms with Gasteiger partial charge in [0, 0.05) is 4.90 Å². The second-order valence-corrected chi connectivity index (χ2v) is 5.51. The van der Waals surface area contributed by atoms with Crippen molar-refractivity contribution in [3.63, 3.8) is 0 Å². The first-order valence-corrected chi connectivity index (χ1v) is 7.33. The van der Waals surface area contributed by atoms with Gasteiger partial charge in [0.25, 0.3) is 11.7 Å². The van der Waals surface area contributed by atoms with E-state index in [9.17, 15) is 18.7 Å². The van der Waals surface area contributed by atoms with E-state index in [2.05, 4.69) is 5.32 Å². The zero-order valence-corrected chi connectivity index (χ0v) is 12.3. The van der Waals surface area contributed by atoms with Gasteiger partial charge in [-0.3, -0.25) is 4.79 Å². The van der Waals surface area contributed by atoms with Crippen LogP contribution in [-0.4, -0.2) is 28.9 Å². The molecule has 0 saturated carbocycles. The van der Waals surface area contributed by atoms with Crippen molar-refractivity contribution in [3.8, 4) is 0 Å². The lowest BCUT2D eigenvalue weighted by molar-refractivity contribution is 0.0815. The van der Waals surface area contributed by atoms with Crippen LogP contribution >= 0.6 is 11.8 Å². The highest BCUT2D eigenvalue weighted by Gasteiger charge is 2.28. The molecule has 0 atom stereocenters. The fourth-order valence-corrected chi connectivity index (χ4v) is 2.49. The van der Waals surface area contributed by atoms with Gasteiger partial charge in [0.1, 0.15) is 0 Å². The number of amides is 1. The van der Waals surface area contributed by atoms with Gasteiger partial charge >= 0.3 is 0 Å². The first-order valence-electron chi connectivity index (χ1n) is 6.45. The maximum absolute atomic E-state index is 12.5. The number of nitrogens with one attached hydrogen (secondary N) is 1. The quantitative estimate of drug-likeness (QED) is 0.760. The third-order valence-corrected chi connectivity index (χ3v) is 4.17. The number of rotatable bonds is 7. The van der Waals surface area contributed by atoms with Gasteiger partial charge in [-0.05, 0) is 25.0 Å². The predicted octanol–water partition coefficient (Wildman–Crippen LogP) is 3.28. The van der Waals surface area contributed by atoms with Crippen LogP contribution in [0.25, 0.3) is 0 Å². The third-order valence-electron chi connectivity index (χ3n) is 3.38. The minimum Gasteiger partial charge on any atom is -0.394 e. The smallest absolute Gasteiger partial charge is 0.288 e. The third kappa shape index (κ3) is 4.18. The topological polar surface area (TPSA) is 49.3 Å². The molecule has 0 aliphatic rings. The first-order chi connectivity index (χ1) is 9.48. The van der Waals surface area contributed by atoms with E-state index in [0.717, 1.165) is 0 Å². The Morgan fingerprint density at radius 3 is 2.45 bits per heavy atom. The Morgan fingerprint density at radius 1 is 1.35 bits per heavy atom. The molecule has 0 unspecified atom stereocenters. The number of aliphatic hydroxyl groups is 1. The Bertz CT molecular complexity index is 442. The lowest BCUT2D eigenvalue weighted by Crippen LogP contribution is -2.50. The van der Waals surface area contributed by atoms with Gasteiger partial charge in [-0.2, -0.15) is 8.78 Å². The number of carbonyl (C=O) groups excluding carboxylic acids is 1. The Hall–Kier alpha value is -1.14. The second kappa shape index (κ2) is 7.59. The van der Waals surface area contributed by atoms with Crippen molar-refractivity contribution in [2.24, 2.45) is 0 Å². The van der Waals surface area contributed by atoms with Crippen LogP contribution in [0, 0.1) is 0 Å². The molecule has 6 heteroatoms. The summed E-state index contributed by atoms with van der Waals surface area (Å²) >= 11 is 0.346. The van der Waals surface area contributed by atoms with Crippen molar-refractivity contribution >= 4 is 17.7 Å². The molecule has 1 aromatic carbocycles. The van der Waals surface area contributed by atoms with E-state index in [0.29, 0.717) is 24.6 Å². The molecule has 0 heterocycles. The molecule has 1 aromatic rings. The number of hydrogen-bond donors (Lipinski definition) is 2. The molecule has 0 saturated heterocycles. The van der Waals surface area contributed by atoms with Crippen LogP contribution in [0.1, 0.15) is 37.0 Å². The van der Waals surface area contributed by atoms with Gasteiger partial charge < -0.3 is 10.4 Å². The molecule has 112 valence electrons. The summed E-state index contributed by atoms with van der Waals surface area (Å²) in [4.78, 5) is 12.5. The Kier molecular flexibility index (Phi) is 6.42. The highest BCUT2D eigenvalue weighted by Crippen LogP contribution is 2.29. The van der Waals surface area contributed by atoms with Crippen molar-refractivity contribution in [1.29, 1.82) is 0 Å². The molecule has 0 radical (unpaired) electrons. The Labute approximate surface area is 121 Å². The maximum atomic E-state index is 12.5. The van der Waals surface area contributed by atoms with Crippen LogP contribution in [0.5, 0.6) is 0 Å². The van der Waals surface area contributed by atoms with Gasteiger partial charge in [0.2, 0.25) is 0 Å². The number of alkyl halides is 2. The van der Waals surface area contributed by atoms with Gasteiger partial charge in [0.15, 0.2) is 0 Å². The van der Waals surface area contributed by atoms with Gasteiger partial charge in [0.05, 0.1) is 17.7 Å². The highest BCUT2D eigenvalue weighted by atomic mass is 32.2. The summed E-state index contributed by atoms with van der Waals surface area (Å²) in [6, 6.07) is 6.24. The highest BCUT2D eigenvalue weighted by molar-refractivity contribution is 7.99. The number of hydrogen-bond acceptors (Lipinski definition) is 3. The van der Waals surface area contributed by atoms with E-state index in [1.54, 1.807) is 12.1 Å². The molecule has 0 aliphatic carbocycles. The summed E-state index contributed by atoms with van der Waals surface area (Å²) in [6.45, 7) is 3.54. The lowest BCUT2D eigenvalue weighted by atomic mass is 9.93. The molecule has 0 bridgehead atoms. The van der Waals surface area contributed by atoms with Crippen molar-refractivity contribution in [1.82, 2.24) is 5.32 Å². The number of aliphatic hydroxyl groups excluding tert-OH is 1. The van der Waals surface area contributed by atoms with Crippen molar-refractivity contribution in [2.75, 3.05) is 6.61 Å². The standard InChI is InChI=1S/C14H19F2NO2S/c1-3-14(4-2,9-18)17-12(19)10-7-5-6-8-11(10)20-13(15)16/h5-8,13,18H,3-4,9H2,1-2H3,(H,17,19). The SMILES string of the molecule is CCC(CC)(CO)NC(=O)c1ccccc1SC(F)F. The predicted molar refractivity (Wildman–Crippen MR) is 76.2 cm³/mol. The Balaban J connectivity index is 2.97. The summed E-state index contributed by atoms with van der Waals surface area (Å²) in [5, 5.41) is 12.2. The van der Waals surface area contributed by atoms with E-state index in [1.165, 1.54) is 12.1 Å². The molecular weight excluding hydrogens is 284 g/mol. The number of benzene rings is 1. The molecule has 0 fully saturated rings. The average molecular weight is 303 g/mol. The molecule has 1 rings (SSSR count). The summed E-state index contributed by atoms with van der Waals surface area (Å²) in [5.41, 5.74) is -0.503. The lowest BCUT2D eigenvalue weighted by Gasteiger charge is -2.31. The van der Waals surface area contributed by atoms with Gasteiger partial charge in [-0.1, -0.05) is 37.7 Å². The van der Waals surface area contributed by atoms with Gasteiger partial charge in [-0.25, -0.2) is 0 Å². The minimum atomic E-state index is -2.58. The van der Waals surface area contributed by atoms with Crippen LogP contribution in [-0.2, 0) is 0 Å². The van der Waals surface area contributed by atoms with Gasteiger partial charge in [-0.15, -0.1) is 0 Å². The van der Waals surface area contributed by atoms with E-state index >= 15 is 0 Å². The summed E-state index contributed by atoms with van der Waals surface area (Å²) in [6.07, 6.45) is 1.13. The molecule has 0 aromatic heterocycles. The second-order valence-electron chi connectivity index (χ2n) is 4.47. The largest absolute Gasteiger partial charge is 0.394 e. The van der Waals surface area contributed by atoms with Crippen molar-refractivity contribution < 1.29 is 18.7 Å². The summed E-state index contributed by atoms with van der Waals surface area (Å²) in [5.74, 6) is -3.02.